The fourth-order valence-electron chi connectivity index (χ4n) is 10.0. The molecular weight excluding hydrogens is 649 g/mol. The highest BCUT2D eigenvalue weighted by atomic mass is 14.4. The van der Waals surface area contributed by atoms with Crippen LogP contribution in [0.25, 0.3) is 88.0 Å². The third kappa shape index (κ3) is 4.32. The van der Waals surface area contributed by atoms with E-state index < -0.39 is 0 Å². The summed E-state index contributed by atoms with van der Waals surface area (Å²) in [6.45, 7) is 9.69. The van der Waals surface area contributed by atoms with Crippen LogP contribution >= 0.6 is 0 Å². The molecule has 0 spiro atoms. The molecule has 2 aliphatic rings. The summed E-state index contributed by atoms with van der Waals surface area (Å²) in [5.74, 6) is 0. The lowest BCUT2D eigenvalue weighted by atomic mass is 9.62. The van der Waals surface area contributed by atoms with E-state index >= 15 is 0 Å². The Bertz CT molecular complexity index is 3010. The maximum Gasteiger partial charge on any atom is 0.0159 e. The van der Waals surface area contributed by atoms with Gasteiger partial charge in [-0.25, -0.2) is 0 Å². The third-order valence-corrected chi connectivity index (χ3v) is 12.9. The molecule has 0 heterocycles. The SMILES string of the molecule is CC1(C)c2cc(-c3ccc(-c4cccc5ccccc45)cc3)ccc2-c2ccc3c4c(ccc1c24)C(C)(C)c1cc(-c2cccc4ccccc24)ccc1-3. The Hall–Kier alpha value is -6.24. The van der Waals surface area contributed by atoms with Crippen molar-refractivity contribution in [2.24, 2.45) is 0 Å². The van der Waals surface area contributed by atoms with Crippen molar-refractivity contribution in [2.75, 3.05) is 0 Å². The van der Waals surface area contributed by atoms with Crippen LogP contribution in [0.15, 0.2) is 170 Å². The fraction of sp³-hybridized carbons (Fsp3) is 0.111. The van der Waals surface area contributed by atoms with Gasteiger partial charge in [-0.3, -0.25) is 0 Å². The number of benzene rings is 9. The number of rotatable bonds is 3. The Labute approximate surface area is 317 Å². The summed E-state index contributed by atoms with van der Waals surface area (Å²) in [4.78, 5) is 0. The first-order chi connectivity index (χ1) is 26.3. The molecule has 0 aromatic heterocycles. The monoisotopic (exact) mass is 688 g/mol. The molecule has 11 rings (SSSR count). The van der Waals surface area contributed by atoms with E-state index in [0.717, 1.165) is 0 Å². The second kappa shape index (κ2) is 11.1. The maximum atomic E-state index is 2.47. The van der Waals surface area contributed by atoms with E-state index in [1.807, 2.05) is 0 Å². The zero-order chi connectivity index (χ0) is 36.3. The standard InChI is InChI=1S/C54H40/c1-53(2)47-29-30-48-52-46(44-26-24-38(32-50(44)54(48,3)4)42-18-10-14-35-12-6-8-16-40(35)42)28-27-45(51(47)52)43-25-23-37(31-49(43)53)33-19-21-36(22-20-33)41-17-9-13-34-11-5-7-15-39(34)41/h5-32H,1-4H3. The molecule has 0 fully saturated rings. The molecule has 0 atom stereocenters. The molecule has 9 aromatic rings. The van der Waals surface area contributed by atoms with Crippen molar-refractivity contribution in [3.63, 3.8) is 0 Å². The molecule has 0 heteroatoms. The Morgan fingerprint density at radius 2 is 0.685 bits per heavy atom. The normalized spacial score (nSPS) is 14.6. The largest absolute Gasteiger partial charge is 0.0616 e. The number of hydrogen-bond donors (Lipinski definition) is 0. The molecular formula is C54H40. The molecule has 0 amide bonds. The smallest absolute Gasteiger partial charge is 0.0159 e. The molecule has 0 bridgehead atoms. The minimum absolute atomic E-state index is 0.160. The van der Waals surface area contributed by atoms with E-state index in [4.69, 9.17) is 0 Å². The molecule has 0 aliphatic heterocycles. The van der Waals surface area contributed by atoms with E-state index in [1.165, 1.54) is 110 Å². The summed E-state index contributed by atoms with van der Waals surface area (Å²) in [5, 5.41) is 7.99. The molecule has 0 radical (unpaired) electrons. The van der Waals surface area contributed by atoms with Crippen molar-refractivity contribution in [3.8, 4) is 55.6 Å². The van der Waals surface area contributed by atoms with Crippen molar-refractivity contribution in [3.05, 3.63) is 192 Å². The summed E-state index contributed by atoms with van der Waals surface area (Å²) in [6, 6.07) is 63.8. The van der Waals surface area contributed by atoms with E-state index in [0.29, 0.717) is 0 Å². The molecule has 54 heavy (non-hydrogen) atoms. The van der Waals surface area contributed by atoms with Crippen molar-refractivity contribution < 1.29 is 0 Å². The van der Waals surface area contributed by atoms with Crippen LogP contribution in [-0.2, 0) is 10.8 Å². The number of fused-ring (bicyclic) bond motifs is 6. The highest BCUT2D eigenvalue weighted by Crippen LogP contribution is 2.56. The minimum Gasteiger partial charge on any atom is -0.0616 e. The van der Waals surface area contributed by atoms with Crippen LogP contribution < -0.4 is 0 Å². The zero-order valence-electron chi connectivity index (χ0n) is 31.2. The summed E-state index contributed by atoms with van der Waals surface area (Å²) in [5.41, 5.74) is 18.3. The summed E-state index contributed by atoms with van der Waals surface area (Å²) in [7, 11) is 0. The average molecular weight is 689 g/mol. The van der Waals surface area contributed by atoms with Crippen molar-refractivity contribution in [1.82, 2.24) is 0 Å². The van der Waals surface area contributed by atoms with Crippen molar-refractivity contribution in [1.29, 1.82) is 0 Å². The van der Waals surface area contributed by atoms with Gasteiger partial charge in [0.1, 0.15) is 0 Å². The van der Waals surface area contributed by atoms with Gasteiger partial charge in [0.25, 0.3) is 0 Å². The highest BCUT2D eigenvalue weighted by molar-refractivity contribution is 6.13. The Kier molecular flexibility index (Phi) is 6.46. The van der Waals surface area contributed by atoms with Crippen LogP contribution in [0.1, 0.15) is 49.9 Å². The van der Waals surface area contributed by atoms with E-state index in [-0.39, 0.29) is 10.8 Å². The Morgan fingerprint density at radius 3 is 1.24 bits per heavy atom. The van der Waals surface area contributed by atoms with Gasteiger partial charge in [0.05, 0.1) is 0 Å². The first-order valence-electron chi connectivity index (χ1n) is 19.3. The van der Waals surface area contributed by atoms with Crippen LogP contribution in [0, 0.1) is 0 Å². The lowest BCUT2D eigenvalue weighted by molar-refractivity contribution is 0.633. The van der Waals surface area contributed by atoms with Gasteiger partial charge in [0.15, 0.2) is 0 Å². The van der Waals surface area contributed by atoms with E-state index in [1.54, 1.807) is 0 Å². The minimum atomic E-state index is -0.166. The van der Waals surface area contributed by atoms with Gasteiger partial charge in [-0.1, -0.05) is 185 Å². The molecule has 0 saturated carbocycles. The molecule has 0 N–H and O–H groups in total. The molecule has 2 aliphatic carbocycles. The Balaban J connectivity index is 1.03. The van der Waals surface area contributed by atoms with Gasteiger partial charge < -0.3 is 0 Å². The van der Waals surface area contributed by atoms with Crippen LogP contribution in [0.5, 0.6) is 0 Å². The van der Waals surface area contributed by atoms with Crippen LogP contribution in [0.2, 0.25) is 0 Å². The first kappa shape index (κ1) is 31.3. The van der Waals surface area contributed by atoms with Gasteiger partial charge in [-0.05, 0) is 122 Å². The Morgan fingerprint density at radius 1 is 0.278 bits per heavy atom. The maximum absolute atomic E-state index is 2.47. The predicted molar refractivity (Wildman–Crippen MR) is 230 cm³/mol. The van der Waals surface area contributed by atoms with E-state index in [2.05, 4.69) is 198 Å². The second-order valence-electron chi connectivity index (χ2n) is 16.5. The molecule has 0 nitrogen and oxygen atoms in total. The first-order valence-corrected chi connectivity index (χ1v) is 19.3. The fourth-order valence-corrected chi connectivity index (χ4v) is 10.0. The van der Waals surface area contributed by atoms with Crippen molar-refractivity contribution in [2.45, 2.75) is 38.5 Å². The summed E-state index contributed by atoms with van der Waals surface area (Å²) in [6.07, 6.45) is 0. The topological polar surface area (TPSA) is 0 Å². The van der Waals surface area contributed by atoms with E-state index in [9.17, 15) is 0 Å². The van der Waals surface area contributed by atoms with Gasteiger partial charge >= 0.3 is 0 Å². The second-order valence-corrected chi connectivity index (χ2v) is 16.5. The average Bonchev–Trinajstić information content (AvgIpc) is 3.21. The molecule has 256 valence electrons. The van der Waals surface area contributed by atoms with Gasteiger partial charge in [-0.15, -0.1) is 0 Å². The van der Waals surface area contributed by atoms with Crippen molar-refractivity contribution >= 4 is 32.3 Å². The molecule has 0 unspecified atom stereocenters. The van der Waals surface area contributed by atoms with Crippen LogP contribution in [0.3, 0.4) is 0 Å². The summed E-state index contributed by atoms with van der Waals surface area (Å²) < 4.78 is 0. The van der Waals surface area contributed by atoms with Gasteiger partial charge in [0, 0.05) is 10.8 Å². The zero-order valence-corrected chi connectivity index (χ0v) is 31.2. The van der Waals surface area contributed by atoms with Crippen LogP contribution in [-0.4, -0.2) is 0 Å². The highest BCUT2D eigenvalue weighted by Gasteiger charge is 2.39. The lowest BCUT2D eigenvalue weighted by Gasteiger charge is -2.40. The summed E-state index contributed by atoms with van der Waals surface area (Å²) >= 11 is 0. The lowest BCUT2D eigenvalue weighted by Crippen LogP contribution is -2.28. The molecule has 0 saturated heterocycles. The van der Waals surface area contributed by atoms with Gasteiger partial charge in [-0.2, -0.15) is 0 Å². The third-order valence-electron chi connectivity index (χ3n) is 12.9. The molecule has 9 aromatic carbocycles. The van der Waals surface area contributed by atoms with Gasteiger partial charge in [0.2, 0.25) is 0 Å². The quantitative estimate of drug-likeness (QED) is 0.173. The van der Waals surface area contributed by atoms with Crippen LogP contribution in [0.4, 0.5) is 0 Å². The predicted octanol–water partition coefficient (Wildman–Crippen LogP) is 14.8. The number of hydrogen-bond acceptors (Lipinski definition) is 0.